The number of amides is 1. The second-order valence-electron chi connectivity index (χ2n) is 3.57. The summed E-state index contributed by atoms with van der Waals surface area (Å²) in [5.41, 5.74) is 0.0236. The molecule has 1 aromatic carbocycles. The summed E-state index contributed by atoms with van der Waals surface area (Å²) in [7, 11) is 0. The zero-order chi connectivity index (χ0) is 13.4. The molecule has 0 radical (unpaired) electrons. The minimum Gasteiger partial charge on any atom is -0.379 e. The van der Waals surface area contributed by atoms with Gasteiger partial charge < -0.3 is 10.1 Å². The van der Waals surface area contributed by atoms with Crippen LogP contribution in [0.15, 0.2) is 35.3 Å². The third kappa shape index (κ3) is 4.98. The lowest BCUT2D eigenvalue weighted by atomic mass is 10.2. The topological polar surface area (TPSA) is 38.3 Å². The van der Waals surface area contributed by atoms with Gasteiger partial charge in [0.2, 0.25) is 0 Å². The van der Waals surface area contributed by atoms with Crippen LogP contribution in [-0.4, -0.2) is 25.7 Å². The predicted octanol–water partition coefficient (Wildman–Crippen LogP) is 2.91. The number of halogens is 2. The lowest BCUT2D eigenvalue weighted by Gasteiger charge is -2.07. The maximum absolute atomic E-state index is 13.4. The highest BCUT2D eigenvalue weighted by atomic mass is 79.9. The average Bonchev–Trinajstić information content (AvgIpc) is 2.36. The van der Waals surface area contributed by atoms with E-state index in [1.54, 1.807) is 12.1 Å². The highest BCUT2D eigenvalue weighted by molar-refractivity contribution is 9.10. The highest BCUT2D eigenvalue weighted by Crippen LogP contribution is 2.15. The molecule has 0 saturated heterocycles. The van der Waals surface area contributed by atoms with Gasteiger partial charge in [-0.25, -0.2) is 4.39 Å². The molecule has 0 heterocycles. The van der Waals surface area contributed by atoms with Gasteiger partial charge in [-0.3, -0.25) is 4.79 Å². The number of carbonyl (C=O) groups is 1. The Bertz CT molecular complexity index is 423. The molecule has 1 rings (SSSR count). The Morgan fingerprint density at radius 3 is 3.00 bits per heavy atom. The fraction of sp³-hybridized carbons (Fsp3) is 0.308. The van der Waals surface area contributed by atoms with Gasteiger partial charge in [-0.1, -0.05) is 22.0 Å². The molecular formula is C13H15BrFNO2. The maximum Gasteiger partial charge on any atom is 0.254 e. The second kappa shape index (κ2) is 8.00. The molecule has 0 aliphatic heterocycles. The Kier molecular flexibility index (Phi) is 6.60. The molecule has 18 heavy (non-hydrogen) atoms. The van der Waals surface area contributed by atoms with Crippen LogP contribution in [0.4, 0.5) is 4.39 Å². The molecule has 1 amide bonds. The molecule has 1 aromatic rings. The van der Waals surface area contributed by atoms with Crippen molar-refractivity contribution in [3.63, 3.8) is 0 Å². The van der Waals surface area contributed by atoms with E-state index in [-0.39, 0.29) is 5.56 Å². The average molecular weight is 316 g/mol. The number of hydrogen-bond donors (Lipinski definition) is 1. The van der Waals surface area contributed by atoms with Crippen molar-refractivity contribution in [1.29, 1.82) is 0 Å². The second-order valence-corrected chi connectivity index (χ2v) is 4.49. The van der Waals surface area contributed by atoms with Crippen LogP contribution in [0.25, 0.3) is 0 Å². The van der Waals surface area contributed by atoms with E-state index in [2.05, 4.69) is 27.8 Å². The molecule has 0 bridgehead atoms. The van der Waals surface area contributed by atoms with Gasteiger partial charge in [0.05, 0.1) is 18.8 Å². The van der Waals surface area contributed by atoms with E-state index in [0.717, 1.165) is 6.42 Å². The fourth-order valence-corrected chi connectivity index (χ4v) is 1.63. The normalized spacial score (nSPS) is 10.1. The van der Waals surface area contributed by atoms with Crippen LogP contribution in [0.5, 0.6) is 0 Å². The monoisotopic (exact) mass is 315 g/mol. The third-order valence-corrected chi connectivity index (χ3v) is 2.66. The Morgan fingerprint density at radius 2 is 2.28 bits per heavy atom. The number of hydrogen-bond acceptors (Lipinski definition) is 2. The first-order valence-electron chi connectivity index (χ1n) is 5.57. The molecule has 0 aliphatic rings. The van der Waals surface area contributed by atoms with Crippen molar-refractivity contribution in [3.8, 4) is 0 Å². The molecule has 3 nitrogen and oxygen atoms in total. The minimum absolute atomic E-state index is 0.0236. The van der Waals surface area contributed by atoms with Crippen molar-refractivity contribution in [1.82, 2.24) is 5.32 Å². The van der Waals surface area contributed by atoms with Crippen LogP contribution < -0.4 is 5.32 Å². The van der Waals surface area contributed by atoms with Gasteiger partial charge in [0.1, 0.15) is 5.82 Å². The summed E-state index contributed by atoms with van der Waals surface area (Å²) in [4.78, 5) is 11.7. The molecule has 1 N–H and O–H groups in total. The fourth-order valence-electron chi connectivity index (χ4n) is 1.27. The first kappa shape index (κ1) is 14.9. The molecule has 0 saturated carbocycles. The minimum atomic E-state index is -0.539. The Labute approximate surface area is 114 Å². The van der Waals surface area contributed by atoms with Gasteiger partial charge in [0.25, 0.3) is 5.91 Å². The SMILES string of the molecule is C=CCCOCCNC(=O)c1cc(Br)ccc1F. The van der Waals surface area contributed by atoms with Crippen LogP contribution in [-0.2, 0) is 4.74 Å². The van der Waals surface area contributed by atoms with E-state index in [4.69, 9.17) is 4.74 Å². The van der Waals surface area contributed by atoms with Crippen molar-refractivity contribution < 1.29 is 13.9 Å². The smallest absolute Gasteiger partial charge is 0.254 e. The molecule has 0 unspecified atom stereocenters. The van der Waals surface area contributed by atoms with E-state index in [1.165, 1.54) is 12.1 Å². The van der Waals surface area contributed by atoms with Crippen LogP contribution in [0.2, 0.25) is 0 Å². The molecule has 0 aliphatic carbocycles. The number of benzene rings is 1. The standard InChI is InChI=1S/C13H15BrFNO2/c1-2-3-7-18-8-6-16-13(17)11-9-10(14)4-5-12(11)15/h2,4-5,9H,1,3,6-8H2,(H,16,17). The lowest BCUT2D eigenvalue weighted by molar-refractivity contribution is 0.0914. The summed E-state index contributed by atoms with van der Waals surface area (Å²) in [6.07, 6.45) is 2.53. The van der Waals surface area contributed by atoms with Crippen LogP contribution in [0, 0.1) is 5.82 Å². The Morgan fingerprint density at radius 1 is 1.50 bits per heavy atom. The zero-order valence-corrected chi connectivity index (χ0v) is 11.5. The first-order valence-corrected chi connectivity index (χ1v) is 6.36. The zero-order valence-electron chi connectivity index (χ0n) is 9.92. The first-order chi connectivity index (χ1) is 8.65. The largest absolute Gasteiger partial charge is 0.379 e. The summed E-state index contributed by atoms with van der Waals surface area (Å²) in [5.74, 6) is -0.982. The van der Waals surface area contributed by atoms with Crippen molar-refractivity contribution in [2.75, 3.05) is 19.8 Å². The molecule has 0 atom stereocenters. The van der Waals surface area contributed by atoms with Crippen LogP contribution in [0.1, 0.15) is 16.8 Å². The summed E-state index contributed by atoms with van der Waals surface area (Å²) in [6, 6.07) is 4.24. The Balaban J connectivity index is 2.36. The van der Waals surface area contributed by atoms with Gasteiger partial charge >= 0.3 is 0 Å². The summed E-state index contributed by atoms with van der Waals surface area (Å²) in [5, 5.41) is 2.59. The van der Waals surface area contributed by atoms with E-state index in [1.807, 2.05) is 0 Å². The quantitative estimate of drug-likeness (QED) is 0.620. The molecular weight excluding hydrogens is 301 g/mol. The van der Waals surface area contributed by atoms with Gasteiger partial charge in [0.15, 0.2) is 0 Å². The van der Waals surface area contributed by atoms with Crippen molar-refractivity contribution in [2.24, 2.45) is 0 Å². The van der Waals surface area contributed by atoms with Gasteiger partial charge in [-0.15, -0.1) is 6.58 Å². The van der Waals surface area contributed by atoms with Crippen LogP contribution >= 0.6 is 15.9 Å². The molecule has 0 aromatic heterocycles. The Hall–Kier alpha value is -1.20. The van der Waals surface area contributed by atoms with E-state index in [0.29, 0.717) is 24.2 Å². The van der Waals surface area contributed by atoms with E-state index < -0.39 is 11.7 Å². The van der Waals surface area contributed by atoms with Gasteiger partial charge in [-0.05, 0) is 24.6 Å². The van der Waals surface area contributed by atoms with Crippen molar-refractivity contribution in [2.45, 2.75) is 6.42 Å². The number of nitrogens with one attached hydrogen (secondary N) is 1. The van der Waals surface area contributed by atoms with Gasteiger partial charge in [0, 0.05) is 11.0 Å². The van der Waals surface area contributed by atoms with Crippen molar-refractivity contribution in [3.05, 3.63) is 46.7 Å². The molecule has 0 spiro atoms. The van der Waals surface area contributed by atoms with Crippen molar-refractivity contribution >= 4 is 21.8 Å². The van der Waals surface area contributed by atoms with Gasteiger partial charge in [-0.2, -0.15) is 0 Å². The van der Waals surface area contributed by atoms with E-state index in [9.17, 15) is 9.18 Å². The third-order valence-electron chi connectivity index (χ3n) is 2.17. The highest BCUT2D eigenvalue weighted by Gasteiger charge is 2.11. The summed E-state index contributed by atoms with van der Waals surface area (Å²) < 4.78 is 19.3. The number of rotatable bonds is 7. The van der Waals surface area contributed by atoms with Crippen LogP contribution in [0.3, 0.4) is 0 Å². The number of carbonyl (C=O) groups excluding carboxylic acids is 1. The summed E-state index contributed by atoms with van der Waals surface area (Å²) >= 11 is 3.19. The molecule has 98 valence electrons. The van der Waals surface area contributed by atoms with E-state index >= 15 is 0 Å². The predicted molar refractivity (Wildman–Crippen MR) is 72.1 cm³/mol. The lowest BCUT2D eigenvalue weighted by Crippen LogP contribution is -2.28. The molecule has 0 fully saturated rings. The number of ether oxygens (including phenoxy) is 1. The summed E-state index contributed by atoms with van der Waals surface area (Å²) in [6.45, 7) is 4.89. The maximum atomic E-state index is 13.4. The molecule has 5 heteroatoms.